The summed E-state index contributed by atoms with van der Waals surface area (Å²) in [5.74, 6) is 0.528. The van der Waals surface area contributed by atoms with Crippen molar-refractivity contribution in [2.45, 2.75) is 13.5 Å². The van der Waals surface area contributed by atoms with Gasteiger partial charge in [0.2, 0.25) is 0 Å². The van der Waals surface area contributed by atoms with Crippen molar-refractivity contribution < 1.29 is 9.53 Å². The van der Waals surface area contributed by atoms with Crippen LogP contribution in [0.2, 0.25) is 0 Å². The number of hydrogen-bond donors (Lipinski definition) is 1. The van der Waals surface area contributed by atoms with Gasteiger partial charge in [-0.3, -0.25) is 4.79 Å². The van der Waals surface area contributed by atoms with Gasteiger partial charge in [-0.05, 0) is 40.5 Å². The Labute approximate surface area is 127 Å². The molecule has 104 valence electrons. The van der Waals surface area contributed by atoms with Crippen LogP contribution in [-0.2, 0) is 11.3 Å². The van der Waals surface area contributed by atoms with E-state index >= 15 is 0 Å². The Kier molecular flexibility index (Phi) is 5.18. The Morgan fingerprint density at radius 2 is 2.00 bits per heavy atom. The summed E-state index contributed by atoms with van der Waals surface area (Å²) in [5.41, 5.74) is 2.26. The van der Waals surface area contributed by atoms with E-state index in [1.165, 1.54) is 5.56 Å². The highest BCUT2D eigenvalue weighted by atomic mass is 79.9. The molecule has 0 aliphatic rings. The third-order valence-corrected chi connectivity index (χ3v) is 3.42. The highest BCUT2D eigenvalue weighted by Gasteiger charge is 2.05. The van der Waals surface area contributed by atoms with Crippen molar-refractivity contribution >= 4 is 21.8 Å². The fourth-order valence-corrected chi connectivity index (χ4v) is 2.18. The number of benzene rings is 2. The molecule has 0 aliphatic heterocycles. The Morgan fingerprint density at radius 3 is 2.75 bits per heavy atom. The molecule has 0 aromatic heterocycles. The van der Waals surface area contributed by atoms with Crippen molar-refractivity contribution in [1.82, 2.24) is 5.32 Å². The Bertz CT molecular complexity index is 599. The Balaban J connectivity index is 1.80. The van der Waals surface area contributed by atoms with Gasteiger partial charge in [0.15, 0.2) is 6.61 Å². The zero-order chi connectivity index (χ0) is 14.4. The summed E-state index contributed by atoms with van der Waals surface area (Å²) < 4.78 is 6.29. The fourth-order valence-electron chi connectivity index (χ4n) is 1.78. The molecule has 0 saturated heterocycles. The SMILES string of the molecule is Cc1cccc(CNC(=O)COc2ccccc2Br)c1. The van der Waals surface area contributed by atoms with Gasteiger partial charge in [-0.1, -0.05) is 42.0 Å². The molecule has 4 heteroatoms. The molecule has 2 rings (SSSR count). The predicted octanol–water partition coefficient (Wildman–Crippen LogP) is 3.45. The van der Waals surface area contributed by atoms with Crippen LogP contribution < -0.4 is 10.1 Å². The number of halogens is 1. The van der Waals surface area contributed by atoms with Crippen LogP contribution >= 0.6 is 15.9 Å². The van der Waals surface area contributed by atoms with Gasteiger partial charge in [-0.25, -0.2) is 0 Å². The normalized spacial score (nSPS) is 10.1. The standard InChI is InChI=1S/C16H16BrNO2/c1-12-5-4-6-13(9-12)10-18-16(19)11-20-15-8-3-2-7-14(15)17/h2-9H,10-11H2,1H3,(H,18,19). The van der Waals surface area contributed by atoms with E-state index in [9.17, 15) is 4.79 Å². The van der Waals surface area contributed by atoms with E-state index in [0.717, 1.165) is 10.0 Å². The molecule has 3 nitrogen and oxygen atoms in total. The summed E-state index contributed by atoms with van der Waals surface area (Å²) in [7, 11) is 0. The van der Waals surface area contributed by atoms with E-state index in [1.807, 2.05) is 49.4 Å². The maximum atomic E-state index is 11.7. The molecular formula is C16H16BrNO2. The van der Waals surface area contributed by atoms with Crippen LogP contribution in [0.5, 0.6) is 5.75 Å². The van der Waals surface area contributed by atoms with Crippen LogP contribution in [0, 0.1) is 6.92 Å². The van der Waals surface area contributed by atoms with Crippen molar-refractivity contribution in [3.8, 4) is 5.75 Å². The first kappa shape index (κ1) is 14.6. The number of nitrogens with one attached hydrogen (secondary N) is 1. The molecule has 0 fully saturated rings. The van der Waals surface area contributed by atoms with E-state index in [2.05, 4.69) is 27.3 Å². The van der Waals surface area contributed by atoms with Gasteiger partial charge < -0.3 is 10.1 Å². The number of carbonyl (C=O) groups excluding carboxylic acids is 1. The van der Waals surface area contributed by atoms with Crippen molar-refractivity contribution in [3.05, 3.63) is 64.1 Å². The average molecular weight is 334 g/mol. The van der Waals surface area contributed by atoms with Gasteiger partial charge in [0.25, 0.3) is 5.91 Å². The minimum atomic E-state index is -0.137. The summed E-state index contributed by atoms with van der Waals surface area (Å²) in [6, 6.07) is 15.5. The van der Waals surface area contributed by atoms with E-state index in [0.29, 0.717) is 12.3 Å². The maximum Gasteiger partial charge on any atom is 0.258 e. The second-order valence-electron chi connectivity index (χ2n) is 4.48. The third-order valence-electron chi connectivity index (χ3n) is 2.77. The molecule has 2 aromatic carbocycles. The summed E-state index contributed by atoms with van der Waals surface area (Å²) in [5, 5.41) is 2.84. The minimum absolute atomic E-state index is 0.00836. The second kappa shape index (κ2) is 7.10. The molecule has 0 radical (unpaired) electrons. The number of amides is 1. The highest BCUT2D eigenvalue weighted by molar-refractivity contribution is 9.10. The molecular weight excluding hydrogens is 318 g/mol. The van der Waals surface area contributed by atoms with Crippen LogP contribution in [-0.4, -0.2) is 12.5 Å². The molecule has 1 amide bonds. The van der Waals surface area contributed by atoms with E-state index < -0.39 is 0 Å². The first-order chi connectivity index (χ1) is 9.65. The van der Waals surface area contributed by atoms with Gasteiger partial charge in [0.1, 0.15) is 5.75 Å². The summed E-state index contributed by atoms with van der Waals surface area (Å²) >= 11 is 3.37. The van der Waals surface area contributed by atoms with Crippen molar-refractivity contribution in [2.24, 2.45) is 0 Å². The van der Waals surface area contributed by atoms with Gasteiger partial charge >= 0.3 is 0 Å². The van der Waals surface area contributed by atoms with Gasteiger partial charge in [0, 0.05) is 6.54 Å². The third kappa shape index (κ3) is 4.38. The lowest BCUT2D eigenvalue weighted by molar-refractivity contribution is -0.123. The fraction of sp³-hybridized carbons (Fsp3) is 0.188. The lowest BCUT2D eigenvalue weighted by Crippen LogP contribution is -2.28. The predicted molar refractivity (Wildman–Crippen MR) is 82.7 cm³/mol. The zero-order valence-electron chi connectivity index (χ0n) is 11.2. The number of rotatable bonds is 5. The maximum absolute atomic E-state index is 11.7. The van der Waals surface area contributed by atoms with Crippen LogP contribution in [0.15, 0.2) is 53.0 Å². The Morgan fingerprint density at radius 1 is 1.20 bits per heavy atom. The molecule has 0 heterocycles. The molecule has 0 unspecified atom stereocenters. The summed E-state index contributed by atoms with van der Waals surface area (Å²) in [6.07, 6.45) is 0. The minimum Gasteiger partial charge on any atom is -0.483 e. The van der Waals surface area contributed by atoms with Gasteiger partial charge in [0.05, 0.1) is 4.47 Å². The summed E-state index contributed by atoms with van der Waals surface area (Å²) in [4.78, 5) is 11.7. The number of para-hydroxylation sites is 1. The largest absolute Gasteiger partial charge is 0.483 e. The number of hydrogen-bond acceptors (Lipinski definition) is 2. The lowest BCUT2D eigenvalue weighted by atomic mass is 10.1. The smallest absolute Gasteiger partial charge is 0.258 e. The van der Waals surface area contributed by atoms with E-state index in [4.69, 9.17) is 4.74 Å². The van der Waals surface area contributed by atoms with Gasteiger partial charge in [-0.15, -0.1) is 0 Å². The molecule has 0 spiro atoms. The quantitative estimate of drug-likeness (QED) is 0.910. The van der Waals surface area contributed by atoms with Crippen LogP contribution in [0.3, 0.4) is 0 Å². The second-order valence-corrected chi connectivity index (χ2v) is 5.34. The average Bonchev–Trinajstić information content (AvgIpc) is 2.44. The first-order valence-electron chi connectivity index (χ1n) is 6.35. The zero-order valence-corrected chi connectivity index (χ0v) is 12.8. The lowest BCUT2D eigenvalue weighted by Gasteiger charge is -2.09. The molecule has 0 atom stereocenters. The number of aryl methyl sites for hydroxylation is 1. The molecule has 20 heavy (non-hydrogen) atoms. The van der Waals surface area contributed by atoms with Crippen LogP contribution in [0.4, 0.5) is 0 Å². The van der Waals surface area contributed by atoms with Gasteiger partial charge in [-0.2, -0.15) is 0 Å². The first-order valence-corrected chi connectivity index (χ1v) is 7.14. The number of carbonyl (C=O) groups is 1. The van der Waals surface area contributed by atoms with Crippen molar-refractivity contribution in [3.63, 3.8) is 0 Å². The Hall–Kier alpha value is -1.81. The molecule has 1 N–H and O–H groups in total. The molecule has 2 aromatic rings. The number of ether oxygens (including phenoxy) is 1. The summed E-state index contributed by atoms with van der Waals surface area (Å²) in [6.45, 7) is 2.55. The molecule has 0 bridgehead atoms. The monoisotopic (exact) mass is 333 g/mol. The van der Waals surface area contributed by atoms with Crippen LogP contribution in [0.1, 0.15) is 11.1 Å². The van der Waals surface area contributed by atoms with Crippen molar-refractivity contribution in [1.29, 1.82) is 0 Å². The van der Waals surface area contributed by atoms with E-state index in [-0.39, 0.29) is 12.5 Å². The molecule has 0 aliphatic carbocycles. The van der Waals surface area contributed by atoms with Crippen molar-refractivity contribution in [2.75, 3.05) is 6.61 Å². The van der Waals surface area contributed by atoms with Crippen LogP contribution in [0.25, 0.3) is 0 Å². The van der Waals surface area contributed by atoms with E-state index in [1.54, 1.807) is 0 Å². The highest BCUT2D eigenvalue weighted by Crippen LogP contribution is 2.23. The molecule has 0 saturated carbocycles. The topological polar surface area (TPSA) is 38.3 Å².